The Labute approximate surface area is 159 Å². The van der Waals surface area contributed by atoms with Crippen LogP contribution in [-0.4, -0.2) is 73.4 Å². The second kappa shape index (κ2) is 7.38. The van der Waals surface area contributed by atoms with Crippen LogP contribution in [-0.2, 0) is 16.1 Å². The summed E-state index contributed by atoms with van der Waals surface area (Å²) in [5.74, 6) is -0.452. The molecule has 2 aromatic rings. The van der Waals surface area contributed by atoms with E-state index in [0.29, 0.717) is 19.4 Å². The number of hydrogen-bond donors (Lipinski definition) is 1. The number of likely N-dealkylation sites (N-methyl/N-ethyl adjacent to an activating group) is 1. The molecule has 0 spiro atoms. The number of carbonyl (C=O) groups excluding carboxylic acids is 2. The number of aldehydes is 1. The number of β-amino-alcohol motifs (C(OH)–C–C–N with tert-alkyl or cyclic N) is 1. The summed E-state index contributed by atoms with van der Waals surface area (Å²) in [6, 6.07) is 9.70. The van der Waals surface area contributed by atoms with Crippen molar-refractivity contribution in [1.29, 1.82) is 0 Å². The molecular formula is C21H25N3O3. The maximum Gasteiger partial charge on any atom is 0.216 e. The van der Waals surface area contributed by atoms with Crippen LogP contribution >= 0.6 is 0 Å². The Morgan fingerprint density at radius 3 is 2.67 bits per heavy atom. The Hall–Kier alpha value is -2.28. The molecule has 0 amide bonds. The van der Waals surface area contributed by atoms with E-state index in [1.54, 1.807) is 0 Å². The zero-order chi connectivity index (χ0) is 19.0. The Kier molecular flexibility index (Phi) is 4.95. The number of aliphatic hydroxyl groups is 1. The minimum Gasteiger partial charge on any atom is -0.395 e. The number of piperazine rings is 1. The highest BCUT2D eigenvalue weighted by atomic mass is 16.3. The first kappa shape index (κ1) is 18.1. The SMILES string of the molecule is CN1CCN(c2ccc3c4c(cccc24)CN(CCO)C3C(=O)C=O)CC1. The second-order valence-corrected chi connectivity index (χ2v) is 7.42. The van der Waals surface area contributed by atoms with E-state index in [9.17, 15) is 14.7 Å². The molecule has 6 heteroatoms. The highest BCUT2D eigenvalue weighted by molar-refractivity contribution is 6.28. The van der Waals surface area contributed by atoms with E-state index in [0.717, 1.165) is 48.1 Å². The average Bonchev–Trinajstić information content (AvgIpc) is 2.69. The molecule has 0 aliphatic carbocycles. The zero-order valence-corrected chi connectivity index (χ0v) is 15.6. The molecule has 1 N–H and O–H groups in total. The van der Waals surface area contributed by atoms with Gasteiger partial charge in [-0.2, -0.15) is 0 Å². The molecule has 1 saturated heterocycles. The van der Waals surface area contributed by atoms with Crippen LogP contribution in [0.4, 0.5) is 5.69 Å². The molecule has 0 aromatic heterocycles. The van der Waals surface area contributed by atoms with Crippen molar-refractivity contribution in [3.05, 3.63) is 41.5 Å². The summed E-state index contributed by atoms with van der Waals surface area (Å²) in [7, 11) is 2.14. The molecule has 6 nitrogen and oxygen atoms in total. The molecule has 1 unspecified atom stereocenters. The number of nitrogens with zero attached hydrogens (tertiary/aromatic N) is 3. The standard InChI is InChI=1S/C21H25N3O3/c1-22-7-9-23(10-8-22)18-6-5-17-20-15(3-2-4-16(18)20)13-24(11-12-25)21(17)19(27)14-26/h2-6,14,21,25H,7-13H2,1H3. The molecule has 2 aliphatic rings. The van der Waals surface area contributed by atoms with Gasteiger partial charge < -0.3 is 14.9 Å². The predicted molar refractivity (Wildman–Crippen MR) is 105 cm³/mol. The minimum atomic E-state index is -0.617. The van der Waals surface area contributed by atoms with Crippen molar-refractivity contribution in [2.75, 3.05) is 51.3 Å². The quantitative estimate of drug-likeness (QED) is 0.633. The fourth-order valence-electron chi connectivity index (χ4n) is 4.42. The van der Waals surface area contributed by atoms with Crippen molar-refractivity contribution >= 4 is 28.5 Å². The van der Waals surface area contributed by atoms with Crippen molar-refractivity contribution in [2.45, 2.75) is 12.6 Å². The Bertz CT molecular complexity index is 874. The van der Waals surface area contributed by atoms with Gasteiger partial charge in [0, 0.05) is 50.3 Å². The highest BCUT2D eigenvalue weighted by Crippen LogP contribution is 2.41. The van der Waals surface area contributed by atoms with Gasteiger partial charge in [-0.15, -0.1) is 0 Å². The van der Waals surface area contributed by atoms with E-state index in [1.165, 1.54) is 5.69 Å². The summed E-state index contributed by atoms with van der Waals surface area (Å²) in [5, 5.41) is 11.6. The maximum absolute atomic E-state index is 12.4. The summed E-state index contributed by atoms with van der Waals surface area (Å²) in [6.07, 6.45) is 0.406. The van der Waals surface area contributed by atoms with Gasteiger partial charge >= 0.3 is 0 Å². The van der Waals surface area contributed by atoms with Crippen molar-refractivity contribution in [2.24, 2.45) is 0 Å². The monoisotopic (exact) mass is 367 g/mol. The van der Waals surface area contributed by atoms with Crippen molar-refractivity contribution < 1.29 is 14.7 Å². The lowest BCUT2D eigenvalue weighted by atomic mass is 9.87. The summed E-state index contributed by atoms with van der Waals surface area (Å²) in [6.45, 7) is 4.87. The predicted octanol–water partition coefficient (Wildman–Crippen LogP) is 1.21. The van der Waals surface area contributed by atoms with Gasteiger partial charge in [0.05, 0.1) is 6.61 Å². The largest absolute Gasteiger partial charge is 0.395 e. The fraction of sp³-hybridized carbons (Fsp3) is 0.429. The normalized spacial score (nSPS) is 20.8. The molecule has 2 heterocycles. The summed E-state index contributed by atoms with van der Waals surface area (Å²) in [4.78, 5) is 30.3. The van der Waals surface area contributed by atoms with E-state index >= 15 is 0 Å². The molecule has 2 aromatic carbocycles. The van der Waals surface area contributed by atoms with Crippen LogP contribution in [0, 0.1) is 0 Å². The van der Waals surface area contributed by atoms with Gasteiger partial charge in [0.15, 0.2) is 6.29 Å². The number of Topliss-reactive ketones (excluding diaryl/α,β-unsaturated/α-hetero) is 1. The number of carbonyl (C=O) groups is 2. The smallest absolute Gasteiger partial charge is 0.216 e. The van der Waals surface area contributed by atoms with Gasteiger partial charge in [-0.1, -0.05) is 24.3 Å². The molecule has 1 atom stereocenters. The average molecular weight is 367 g/mol. The first-order valence-electron chi connectivity index (χ1n) is 9.46. The van der Waals surface area contributed by atoms with E-state index in [1.807, 2.05) is 11.0 Å². The van der Waals surface area contributed by atoms with Gasteiger partial charge in [-0.3, -0.25) is 14.5 Å². The van der Waals surface area contributed by atoms with Crippen LogP contribution in [0.15, 0.2) is 30.3 Å². The van der Waals surface area contributed by atoms with Crippen LogP contribution in [0.3, 0.4) is 0 Å². The van der Waals surface area contributed by atoms with Crippen LogP contribution in [0.5, 0.6) is 0 Å². The number of anilines is 1. The van der Waals surface area contributed by atoms with E-state index in [-0.39, 0.29) is 6.61 Å². The number of benzene rings is 2. The summed E-state index contributed by atoms with van der Waals surface area (Å²) in [5.41, 5.74) is 3.20. The molecule has 142 valence electrons. The van der Waals surface area contributed by atoms with E-state index < -0.39 is 11.8 Å². The number of hydrogen-bond acceptors (Lipinski definition) is 6. The minimum absolute atomic E-state index is 0.0483. The molecule has 1 fully saturated rings. The molecule has 2 aliphatic heterocycles. The summed E-state index contributed by atoms with van der Waals surface area (Å²) >= 11 is 0. The van der Waals surface area contributed by atoms with Gasteiger partial charge in [-0.05, 0) is 29.6 Å². The van der Waals surface area contributed by atoms with Crippen LogP contribution in [0.25, 0.3) is 10.8 Å². The topological polar surface area (TPSA) is 64.1 Å². The number of aliphatic hydroxyl groups excluding tert-OH is 1. The fourth-order valence-corrected chi connectivity index (χ4v) is 4.42. The Morgan fingerprint density at radius 1 is 1.19 bits per heavy atom. The van der Waals surface area contributed by atoms with E-state index in [4.69, 9.17) is 0 Å². The lowest BCUT2D eigenvalue weighted by Gasteiger charge is -2.38. The Balaban J connectivity index is 1.84. The highest BCUT2D eigenvalue weighted by Gasteiger charge is 2.34. The third-order valence-electron chi connectivity index (χ3n) is 5.79. The Morgan fingerprint density at radius 2 is 1.96 bits per heavy atom. The molecule has 4 rings (SSSR count). The van der Waals surface area contributed by atoms with Crippen LogP contribution < -0.4 is 4.90 Å². The summed E-state index contributed by atoms with van der Waals surface area (Å²) < 4.78 is 0. The number of ketones is 1. The molecule has 0 radical (unpaired) electrons. The molecule has 0 saturated carbocycles. The van der Waals surface area contributed by atoms with Crippen molar-refractivity contribution in [3.63, 3.8) is 0 Å². The molecule has 0 bridgehead atoms. The van der Waals surface area contributed by atoms with Gasteiger partial charge in [-0.25, -0.2) is 0 Å². The van der Waals surface area contributed by atoms with Crippen LogP contribution in [0.1, 0.15) is 17.2 Å². The maximum atomic E-state index is 12.4. The van der Waals surface area contributed by atoms with Crippen molar-refractivity contribution in [1.82, 2.24) is 9.80 Å². The van der Waals surface area contributed by atoms with Crippen LogP contribution in [0.2, 0.25) is 0 Å². The molecular weight excluding hydrogens is 342 g/mol. The molecule has 27 heavy (non-hydrogen) atoms. The third-order valence-corrected chi connectivity index (χ3v) is 5.79. The zero-order valence-electron chi connectivity index (χ0n) is 15.6. The van der Waals surface area contributed by atoms with Gasteiger partial charge in [0.25, 0.3) is 0 Å². The van der Waals surface area contributed by atoms with Gasteiger partial charge in [0.2, 0.25) is 5.78 Å². The van der Waals surface area contributed by atoms with Gasteiger partial charge in [0.1, 0.15) is 6.04 Å². The first-order chi connectivity index (χ1) is 13.1. The second-order valence-electron chi connectivity index (χ2n) is 7.42. The lowest BCUT2D eigenvalue weighted by Crippen LogP contribution is -2.44. The van der Waals surface area contributed by atoms with E-state index in [2.05, 4.69) is 41.1 Å². The van der Waals surface area contributed by atoms with Crippen molar-refractivity contribution in [3.8, 4) is 0 Å². The lowest BCUT2D eigenvalue weighted by molar-refractivity contribution is -0.134. The number of rotatable bonds is 5. The first-order valence-corrected chi connectivity index (χ1v) is 9.46. The third kappa shape index (κ3) is 3.14.